The lowest BCUT2D eigenvalue weighted by Gasteiger charge is -2.24. The van der Waals surface area contributed by atoms with Crippen molar-refractivity contribution in [1.82, 2.24) is 10.4 Å². The normalized spacial score (nSPS) is 14.9. The van der Waals surface area contributed by atoms with Crippen molar-refractivity contribution in [2.24, 2.45) is 0 Å². The molecule has 27 heavy (non-hydrogen) atoms. The molecule has 0 saturated carbocycles. The van der Waals surface area contributed by atoms with Crippen molar-refractivity contribution in [3.8, 4) is 0 Å². The molecule has 0 radical (unpaired) electrons. The molecule has 6 nitrogen and oxygen atoms in total. The zero-order valence-corrected chi connectivity index (χ0v) is 17.3. The van der Waals surface area contributed by atoms with E-state index in [4.69, 9.17) is 9.57 Å². The maximum Gasteiger partial charge on any atom is 0.256 e. The van der Waals surface area contributed by atoms with E-state index in [1.54, 1.807) is 0 Å². The van der Waals surface area contributed by atoms with E-state index in [2.05, 4.69) is 5.48 Å². The molecule has 0 aromatic rings. The summed E-state index contributed by atoms with van der Waals surface area (Å²) in [7, 11) is 0. The van der Waals surface area contributed by atoms with Crippen LogP contribution in [0.1, 0.15) is 66.7 Å². The molecule has 0 aromatic carbocycles. The Hall–Kier alpha value is -2.08. The molecule has 0 unspecified atom stereocenters. The molecule has 1 rings (SSSR count). The highest BCUT2D eigenvalue weighted by atomic mass is 16.7. The molecular weight excluding hydrogens is 344 g/mol. The summed E-state index contributed by atoms with van der Waals surface area (Å²) in [5.41, 5.74) is 4.21. The van der Waals surface area contributed by atoms with Crippen LogP contribution in [0.5, 0.6) is 0 Å². The molecule has 2 amide bonds. The second kappa shape index (κ2) is 11.6. The van der Waals surface area contributed by atoms with Crippen molar-refractivity contribution < 1.29 is 19.2 Å². The van der Waals surface area contributed by atoms with Gasteiger partial charge < -0.3 is 4.74 Å². The molecule has 0 heterocycles. The number of hydroxylamine groups is 1. The van der Waals surface area contributed by atoms with Gasteiger partial charge in [0.05, 0.1) is 6.61 Å². The third kappa shape index (κ3) is 8.91. The molecule has 6 heteroatoms. The Morgan fingerprint density at radius 1 is 1.33 bits per heavy atom. The summed E-state index contributed by atoms with van der Waals surface area (Å²) in [6.45, 7) is 10.7. The monoisotopic (exact) mass is 378 g/mol. The molecule has 0 bridgehead atoms. The minimum Gasteiger partial charge on any atom is -0.472 e. The average Bonchev–Trinajstić information content (AvgIpc) is 2.60. The molecule has 1 N–H and O–H groups in total. The molecule has 1 aliphatic rings. The van der Waals surface area contributed by atoms with Crippen LogP contribution in [0.2, 0.25) is 0 Å². The molecule has 0 atom stereocenters. The molecule has 0 aliphatic heterocycles. The maximum atomic E-state index is 12.5. The first-order valence-corrected chi connectivity index (χ1v) is 9.68. The van der Waals surface area contributed by atoms with E-state index in [9.17, 15) is 9.59 Å². The zero-order chi connectivity index (χ0) is 20.3. The Morgan fingerprint density at radius 3 is 2.67 bits per heavy atom. The number of carbonyl (C=O) groups excluding carboxylic acids is 2. The second-order valence-corrected chi connectivity index (χ2v) is 7.56. The summed E-state index contributed by atoms with van der Waals surface area (Å²) in [6, 6.07) is 0. The lowest BCUT2D eigenvalue weighted by molar-refractivity contribution is -0.135. The summed E-state index contributed by atoms with van der Waals surface area (Å²) >= 11 is 0. The van der Waals surface area contributed by atoms with Crippen molar-refractivity contribution >= 4 is 12.3 Å². The molecular formula is C21H34N2O4. The van der Waals surface area contributed by atoms with E-state index in [-0.39, 0.29) is 11.5 Å². The average molecular weight is 379 g/mol. The van der Waals surface area contributed by atoms with Crippen LogP contribution in [0.25, 0.3) is 0 Å². The third-order valence-corrected chi connectivity index (χ3v) is 3.92. The minimum atomic E-state index is -0.302. The summed E-state index contributed by atoms with van der Waals surface area (Å²) in [4.78, 5) is 30.5. The Balaban J connectivity index is 2.35. The Morgan fingerprint density at radius 2 is 2.07 bits per heavy atom. The zero-order valence-electron chi connectivity index (χ0n) is 17.3. The van der Waals surface area contributed by atoms with Crippen LogP contribution in [-0.4, -0.2) is 36.0 Å². The van der Waals surface area contributed by atoms with Crippen LogP contribution in [0.15, 0.2) is 35.3 Å². The SMILES string of the molecule is CC/C=C(\NOCCCCN(C=O)C(=O)C1=C(C)C=CCC1)OC(C)(C)C. The number of nitrogens with zero attached hydrogens (tertiary/aromatic N) is 1. The molecule has 0 fully saturated rings. The summed E-state index contributed by atoms with van der Waals surface area (Å²) in [5.74, 6) is 0.417. The van der Waals surface area contributed by atoms with Crippen molar-refractivity contribution in [2.75, 3.05) is 13.2 Å². The Labute approximate surface area is 163 Å². The van der Waals surface area contributed by atoms with Crippen LogP contribution in [0.3, 0.4) is 0 Å². The predicted octanol–water partition coefficient (Wildman–Crippen LogP) is 4.01. The van der Waals surface area contributed by atoms with Crippen LogP contribution >= 0.6 is 0 Å². The van der Waals surface area contributed by atoms with Crippen LogP contribution in [-0.2, 0) is 19.2 Å². The van der Waals surface area contributed by atoms with Crippen LogP contribution in [0, 0.1) is 0 Å². The molecule has 0 saturated heterocycles. The van der Waals surface area contributed by atoms with Gasteiger partial charge in [-0.05, 0) is 71.4 Å². The fourth-order valence-corrected chi connectivity index (χ4v) is 2.63. The smallest absolute Gasteiger partial charge is 0.256 e. The van der Waals surface area contributed by atoms with E-state index in [1.165, 1.54) is 4.90 Å². The summed E-state index contributed by atoms with van der Waals surface area (Å²) < 4.78 is 5.76. The van der Waals surface area contributed by atoms with Gasteiger partial charge in [-0.25, -0.2) is 5.48 Å². The highest BCUT2D eigenvalue weighted by Gasteiger charge is 2.20. The number of hydrogen-bond donors (Lipinski definition) is 1. The largest absolute Gasteiger partial charge is 0.472 e. The van der Waals surface area contributed by atoms with Crippen molar-refractivity contribution in [1.29, 1.82) is 0 Å². The van der Waals surface area contributed by atoms with Gasteiger partial charge in [0.1, 0.15) is 5.60 Å². The van der Waals surface area contributed by atoms with Gasteiger partial charge in [-0.15, -0.1) is 0 Å². The highest BCUT2D eigenvalue weighted by molar-refractivity contribution is 6.00. The van der Waals surface area contributed by atoms with Gasteiger partial charge in [-0.2, -0.15) is 0 Å². The minimum absolute atomic E-state index is 0.183. The first kappa shape index (κ1) is 23.0. The molecule has 152 valence electrons. The number of allylic oxidation sites excluding steroid dienone is 4. The lowest BCUT2D eigenvalue weighted by Crippen LogP contribution is -2.32. The van der Waals surface area contributed by atoms with Crippen molar-refractivity contribution in [3.63, 3.8) is 0 Å². The number of ether oxygens (including phenoxy) is 1. The first-order valence-electron chi connectivity index (χ1n) is 9.68. The maximum absolute atomic E-state index is 12.5. The summed E-state index contributed by atoms with van der Waals surface area (Å²) in [6.07, 6.45) is 10.3. The van der Waals surface area contributed by atoms with E-state index in [0.29, 0.717) is 38.3 Å². The Bertz CT molecular complexity index is 585. The van der Waals surface area contributed by atoms with E-state index >= 15 is 0 Å². The van der Waals surface area contributed by atoms with E-state index < -0.39 is 0 Å². The number of nitrogens with one attached hydrogen (secondary N) is 1. The Kier molecular flexibility index (Phi) is 9.86. The number of imide groups is 1. The van der Waals surface area contributed by atoms with Crippen LogP contribution in [0.4, 0.5) is 0 Å². The van der Waals surface area contributed by atoms with E-state index in [1.807, 2.05) is 52.8 Å². The van der Waals surface area contributed by atoms with Gasteiger partial charge in [0.25, 0.3) is 5.91 Å². The third-order valence-electron chi connectivity index (χ3n) is 3.92. The van der Waals surface area contributed by atoms with Crippen molar-refractivity contribution in [3.05, 3.63) is 35.3 Å². The fraction of sp³-hybridized carbons (Fsp3) is 0.619. The van der Waals surface area contributed by atoms with Gasteiger partial charge in [0, 0.05) is 12.1 Å². The van der Waals surface area contributed by atoms with Gasteiger partial charge in [-0.1, -0.05) is 19.1 Å². The number of unbranched alkanes of at least 4 members (excludes halogenated alkanes) is 1. The number of amides is 2. The number of carbonyl (C=O) groups is 2. The molecule has 0 aromatic heterocycles. The quantitative estimate of drug-likeness (QED) is 0.255. The predicted molar refractivity (Wildman–Crippen MR) is 106 cm³/mol. The fourth-order valence-electron chi connectivity index (χ4n) is 2.63. The lowest BCUT2D eigenvalue weighted by atomic mass is 9.97. The van der Waals surface area contributed by atoms with Gasteiger partial charge in [0.15, 0.2) is 0 Å². The summed E-state index contributed by atoms with van der Waals surface area (Å²) in [5, 5.41) is 0. The molecule has 0 spiro atoms. The molecule has 1 aliphatic carbocycles. The van der Waals surface area contributed by atoms with Crippen LogP contribution < -0.4 is 5.48 Å². The van der Waals surface area contributed by atoms with Crippen molar-refractivity contribution in [2.45, 2.75) is 72.3 Å². The standard InChI is InChI=1S/C21H34N2O4/c1-6-11-19(27-21(3,4)5)22-26-15-10-9-14-23(16-24)20(25)18-13-8-7-12-17(18)2/h7,11-12,16,22H,6,8-10,13-15H2,1-5H3/b19-11+. The number of hydrogen-bond acceptors (Lipinski definition) is 5. The van der Waals surface area contributed by atoms with Gasteiger partial charge >= 0.3 is 0 Å². The highest BCUT2D eigenvalue weighted by Crippen LogP contribution is 2.20. The van der Waals surface area contributed by atoms with Gasteiger partial charge in [-0.3, -0.25) is 19.3 Å². The topological polar surface area (TPSA) is 67.9 Å². The first-order chi connectivity index (χ1) is 12.8. The van der Waals surface area contributed by atoms with Gasteiger partial charge in [0.2, 0.25) is 12.3 Å². The van der Waals surface area contributed by atoms with E-state index in [0.717, 1.165) is 30.4 Å². The number of rotatable bonds is 11. The second-order valence-electron chi connectivity index (χ2n) is 7.56.